The van der Waals surface area contributed by atoms with Gasteiger partial charge in [0, 0.05) is 43.2 Å². The second kappa shape index (κ2) is 10.2. The number of alkyl halides is 1. The van der Waals surface area contributed by atoms with Crippen molar-refractivity contribution in [2.24, 2.45) is 0 Å². The molecule has 4 nitrogen and oxygen atoms in total. The number of carbonyl (C=O) groups is 1. The van der Waals surface area contributed by atoms with Gasteiger partial charge in [0.15, 0.2) is 0 Å². The molecule has 1 aliphatic rings. The summed E-state index contributed by atoms with van der Waals surface area (Å²) in [4.78, 5) is 17.0. The lowest BCUT2D eigenvalue weighted by Crippen LogP contribution is -2.48. The number of nitrogens with one attached hydrogen (secondary N) is 2. The molecule has 0 bridgehead atoms. The predicted molar refractivity (Wildman–Crippen MR) is 114 cm³/mol. The Hall–Kier alpha value is -1.27. The fraction of sp³-hybridized carbons (Fsp3) is 0.450. The maximum Gasteiger partial charge on any atom is 0.252 e. The molecule has 2 rings (SSSR count). The molecule has 1 saturated heterocycles. The topological polar surface area (TPSA) is 44.4 Å². The summed E-state index contributed by atoms with van der Waals surface area (Å²) in [5.74, 6) is -0.143. The highest BCUT2D eigenvalue weighted by molar-refractivity contribution is 8.11. The van der Waals surface area contributed by atoms with Gasteiger partial charge in [-0.2, -0.15) is 0 Å². The standard InChI is InChI=1S/C20H28ClN3OS/c1-14(2)19(26-15(3)4)16-6-5-7-17(12-16)20(25)23-18(21)13-24-10-8-22-9-11-24/h5-7,12,18,22H,3,8-11,13H2,1-2,4H3,(H,23,25)/t18-/m1/s1. The third kappa shape index (κ3) is 6.47. The SMILES string of the molecule is C=C(C)SC(=C(C)C)c1cccc(C(=O)N[C@@H](Cl)CN2CCNCC2)c1. The highest BCUT2D eigenvalue weighted by Gasteiger charge is 2.17. The van der Waals surface area contributed by atoms with Crippen molar-refractivity contribution in [3.05, 3.63) is 52.4 Å². The molecular formula is C20H28ClN3OS. The Kier molecular flexibility index (Phi) is 8.22. The minimum absolute atomic E-state index is 0.143. The molecule has 1 aromatic carbocycles. The molecule has 0 spiro atoms. The van der Waals surface area contributed by atoms with Crippen LogP contribution in [0.5, 0.6) is 0 Å². The smallest absolute Gasteiger partial charge is 0.252 e. The predicted octanol–water partition coefficient (Wildman–Crippen LogP) is 3.90. The van der Waals surface area contributed by atoms with Gasteiger partial charge < -0.3 is 10.6 Å². The van der Waals surface area contributed by atoms with E-state index in [2.05, 4.69) is 36.0 Å². The number of halogens is 1. The van der Waals surface area contributed by atoms with Gasteiger partial charge in [-0.15, -0.1) is 0 Å². The second-order valence-corrected chi connectivity index (χ2v) is 8.54. The van der Waals surface area contributed by atoms with E-state index in [-0.39, 0.29) is 5.91 Å². The quantitative estimate of drug-likeness (QED) is 0.544. The van der Waals surface area contributed by atoms with E-state index in [1.54, 1.807) is 11.8 Å². The number of allylic oxidation sites excluding steroid dienone is 2. The molecule has 0 radical (unpaired) electrons. The van der Waals surface area contributed by atoms with E-state index in [1.807, 2.05) is 31.2 Å². The summed E-state index contributed by atoms with van der Waals surface area (Å²) in [5.41, 5.74) is 2.44. The van der Waals surface area contributed by atoms with E-state index in [4.69, 9.17) is 11.6 Å². The van der Waals surface area contributed by atoms with Crippen LogP contribution >= 0.6 is 23.4 Å². The van der Waals surface area contributed by atoms with Crippen molar-refractivity contribution in [3.63, 3.8) is 0 Å². The Bertz CT molecular complexity index is 679. The fourth-order valence-electron chi connectivity index (χ4n) is 2.82. The van der Waals surface area contributed by atoms with Gasteiger partial charge in [-0.25, -0.2) is 0 Å². The Morgan fingerprint density at radius 1 is 1.31 bits per heavy atom. The van der Waals surface area contributed by atoms with Crippen molar-refractivity contribution in [2.45, 2.75) is 26.3 Å². The van der Waals surface area contributed by atoms with Crippen molar-refractivity contribution in [1.82, 2.24) is 15.5 Å². The number of carbonyl (C=O) groups excluding carboxylic acids is 1. The molecular weight excluding hydrogens is 366 g/mol. The zero-order valence-corrected chi connectivity index (χ0v) is 17.3. The van der Waals surface area contributed by atoms with Crippen molar-refractivity contribution in [3.8, 4) is 0 Å². The number of hydrogen-bond donors (Lipinski definition) is 2. The normalized spacial score (nSPS) is 16.0. The molecule has 1 atom stereocenters. The number of thioether (sulfide) groups is 1. The van der Waals surface area contributed by atoms with Crippen molar-refractivity contribution < 1.29 is 4.79 Å². The molecule has 1 aromatic rings. The van der Waals surface area contributed by atoms with E-state index in [9.17, 15) is 4.79 Å². The molecule has 0 aliphatic carbocycles. The lowest BCUT2D eigenvalue weighted by Gasteiger charge is -2.29. The summed E-state index contributed by atoms with van der Waals surface area (Å²) in [6.07, 6.45) is 0. The van der Waals surface area contributed by atoms with Crippen LogP contribution < -0.4 is 10.6 Å². The third-order valence-electron chi connectivity index (χ3n) is 4.03. The van der Waals surface area contributed by atoms with Crippen LogP contribution in [0, 0.1) is 0 Å². The monoisotopic (exact) mass is 393 g/mol. The van der Waals surface area contributed by atoms with Gasteiger partial charge in [0.1, 0.15) is 5.50 Å². The molecule has 142 valence electrons. The Morgan fingerprint density at radius 3 is 2.58 bits per heavy atom. The number of piperazine rings is 1. The Morgan fingerprint density at radius 2 is 1.96 bits per heavy atom. The lowest BCUT2D eigenvalue weighted by atomic mass is 10.1. The van der Waals surface area contributed by atoms with E-state index in [0.717, 1.165) is 41.6 Å². The van der Waals surface area contributed by atoms with E-state index in [0.29, 0.717) is 12.1 Å². The first kappa shape index (κ1) is 21.0. The molecule has 1 fully saturated rings. The minimum atomic E-state index is -0.406. The van der Waals surface area contributed by atoms with Crippen LogP contribution in [0.3, 0.4) is 0 Å². The minimum Gasteiger partial charge on any atom is -0.335 e. The van der Waals surface area contributed by atoms with Gasteiger partial charge in [-0.05, 0) is 43.4 Å². The van der Waals surface area contributed by atoms with Crippen molar-refractivity contribution in [2.75, 3.05) is 32.7 Å². The number of amides is 1. The van der Waals surface area contributed by atoms with Gasteiger partial charge >= 0.3 is 0 Å². The first-order valence-corrected chi connectivity index (χ1v) is 10.1. The molecule has 26 heavy (non-hydrogen) atoms. The maximum atomic E-state index is 12.6. The number of benzene rings is 1. The fourth-order valence-corrected chi connectivity index (χ4v) is 3.91. The van der Waals surface area contributed by atoms with Crippen LogP contribution in [-0.2, 0) is 0 Å². The number of hydrogen-bond acceptors (Lipinski definition) is 4. The Balaban J connectivity index is 2.04. The first-order valence-electron chi connectivity index (χ1n) is 8.86. The molecule has 1 aliphatic heterocycles. The summed E-state index contributed by atoms with van der Waals surface area (Å²) in [6, 6.07) is 7.67. The van der Waals surface area contributed by atoms with E-state index >= 15 is 0 Å². The van der Waals surface area contributed by atoms with Crippen molar-refractivity contribution in [1.29, 1.82) is 0 Å². The van der Waals surface area contributed by atoms with Gasteiger partial charge in [-0.3, -0.25) is 9.69 Å². The summed E-state index contributed by atoms with van der Waals surface area (Å²) in [7, 11) is 0. The van der Waals surface area contributed by atoms with E-state index < -0.39 is 5.50 Å². The summed E-state index contributed by atoms with van der Waals surface area (Å²) in [5, 5.41) is 6.21. The highest BCUT2D eigenvalue weighted by Crippen LogP contribution is 2.35. The average molecular weight is 394 g/mol. The average Bonchev–Trinajstić information content (AvgIpc) is 2.60. The first-order chi connectivity index (χ1) is 12.4. The molecule has 6 heteroatoms. The zero-order chi connectivity index (χ0) is 19.1. The number of rotatable bonds is 7. The second-order valence-electron chi connectivity index (χ2n) is 6.71. The number of nitrogens with zero attached hydrogens (tertiary/aromatic N) is 1. The van der Waals surface area contributed by atoms with Gasteiger partial charge in [-0.1, -0.05) is 47.6 Å². The van der Waals surface area contributed by atoms with Gasteiger partial charge in [0.05, 0.1) is 0 Å². The maximum absolute atomic E-state index is 12.6. The van der Waals surface area contributed by atoms with Crippen LogP contribution in [-0.4, -0.2) is 49.0 Å². The van der Waals surface area contributed by atoms with Crippen LogP contribution in [0.15, 0.2) is 41.3 Å². The summed E-state index contributed by atoms with van der Waals surface area (Å²) >= 11 is 7.99. The van der Waals surface area contributed by atoms with Crippen LogP contribution in [0.25, 0.3) is 4.91 Å². The Labute approximate surface area is 166 Å². The third-order valence-corrected chi connectivity index (χ3v) is 5.48. The highest BCUT2D eigenvalue weighted by atomic mass is 35.5. The van der Waals surface area contributed by atoms with E-state index in [1.165, 1.54) is 5.57 Å². The van der Waals surface area contributed by atoms with Crippen LogP contribution in [0.1, 0.15) is 36.7 Å². The molecule has 1 amide bonds. The zero-order valence-electron chi connectivity index (χ0n) is 15.8. The molecule has 0 saturated carbocycles. The van der Waals surface area contributed by atoms with Crippen molar-refractivity contribution >= 4 is 34.2 Å². The van der Waals surface area contributed by atoms with Crippen LogP contribution in [0.4, 0.5) is 0 Å². The summed E-state index contributed by atoms with van der Waals surface area (Å²) < 4.78 is 0. The largest absolute Gasteiger partial charge is 0.335 e. The lowest BCUT2D eigenvalue weighted by molar-refractivity contribution is 0.0940. The van der Waals surface area contributed by atoms with Gasteiger partial charge in [0.2, 0.25) is 0 Å². The molecule has 1 heterocycles. The molecule has 0 aromatic heterocycles. The molecule has 2 N–H and O–H groups in total. The molecule has 0 unspecified atom stereocenters. The van der Waals surface area contributed by atoms with Crippen LogP contribution in [0.2, 0.25) is 0 Å². The summed E-state index contributed by atoms with van der Waals surface area (Å²) in [6.45, 7) is 14.6. The van der Waals surface area contributed by atoms with Gasteiger partial charge in [0.25, 0.3) is 5.91 Å².